The van der Waals surface area contributed by atoms with Crippen LogP contribution in [0, 0.1) is 17.3 Å². The molecule has 2 aliphatic carbocycles. The van der Waals surface area contributed by atoms with Crippen LogP contribution >= 0.6 is 0 Å². The third-order valence-corrected chi connectivity index (χ3v) is 8.05. The Hall–Kier alpha value is -2.50. The number of alkyl halides is 12. The van der Waals surface area contributed by atoms with E-state index < -0.39 is 114 Å². The summed E-state index contributed by atoms with van der Waals surface area (Å²) in [5, 5.41) is 20.1. The highest BCUT2D eigenvalue weighted by atomic mass is 19.4. The van der Waals surface area contributed by atoms with E-state index in [2.05, 4.69) is 17.9 Å². The minimum Gasteiger partial charge on any atom is -0.455 e. The molecular weight excluding hydrogens is 624 g/mol. The molecule has 0 spiro atoms. The molecule has 0 radical (unpaired) electrons. The van der Waals surface area contributed by atoms with Crippen molar-refractivity contribution in [3.8, 4) is 0 Å². The molecule has 2 rings (SSSR count). The minimum atomic E-state index is -6.47. The average Bonchev–Trinajstić information content (AvgIpc) is 3.34. The summed E-state index contributed by atoms with van der Waals surface area (Å²) in [7, 11) is 0. The molecule has 2 aliphatic rings. The topological polar surface area (TPSA) is 93.1 Å². The zero-order valence-electron chi connectivity index (χ0n) is 22.7. The lowest BCUT2D eigenvalue weighted by Gasteiger charge is -2.50. The second kappa shape index (κ2) is 10.8. The van der Waals surface area contributed by atoms with Crippen LogP contribution in [0.5, 0.6) is 0 Å². The summed E-state index contributed by atoms with van der Waals surface area (Å²) in [5.41, 5.74) is -18.3. The van der Waals surface area contributed by atoms with Crippen molar-refractivity contribution in [2.75, 3.05) is 0 Å². The normalized spacial score (nSPS) is 26.0. The number of hydrogen-bond acceptors (Lipinski definition) is 6. The second-order valence-electron chi connectivity index (χ2n) is 11.5. The van der Waals surface area contributed by atoms with Gasteiger partial charge in [0.2, 0.25) is 0 Å². The van der Waals surface area contributed by atoms with Crippen LogP contribution in [0.15, 0.2) is 24.3 Å². The van der Waals surface area contributed by atoms with Gasteiger partial charge >= 0.3 is 36.6 Å². The number of carbonyl (C=O) groups excluding carboxylic acids is 2. The Morgan fingerprint density at radius 2 is 1.33 bits per heavy atom. The van der Waals surface area contributed by atoms with E-state index >= 15 is 0 Å². The maximum absolute atomic E-state index is 14.0. The predicted molar refractivity (Wildman–Crippen MR) is 121 cm³/mol. The Bertz CT molecular complexity index is 1110. The molecule has 0 heterocycles. The molecule has 0 aromatic rings. The fourth-order valence-electron chi connectivity index (χ4n) is 6.11. The fourth-order valence-corrected chi connectivity index (χ4v) is 6.11. The van der Waals surface area contributed by atoms with Gasteiger partial charge in [-0.15, -0.1) is 0 Å². The molecule has 0 aromatic carbocycles. The molecule has 43 heavy (non-hydrogen) atoms. The molecule has 0 aliphatic heterocycles. The molecule has 0 aromatic heterocycles. The van der Waals surface area contributed by atoms with E-state index in [1.807, 2.05) is 0 Å². The maximum Gasteiger partial charge on any atom is 0.430 e. The van der Waals surface area contributed by atoms with Gasteiger partial charge in [0.15, 0.2) is 11.7 Å². The summed E-state index contributed by atoms with van der Waals surface area (Å²) in [6.45, 7) is 8.71. The lowest BCUT2D eigenvalue weighted by Crippen LogP contribution is -2.74. The molecule has 0 saturated heterocycles. The minimum absolute atomic E-state index is 0.259. The highest BCUT2D eigenvalue weighted by Crippen LogP contribution is 2.69. The van der Waals surface area contributed by atoms with Crippen LogP contribution in [-0.2, 0) is 19.1 Å². The number of fused-ring (bicyclic) bond motifs is 2. The van der Waals surface area contributed by atoms with Gasteiger partial charge in [0.05, 0.1) is 0 Å². The summed E-state index contributed by atoms with van der Waals surface area (Å²) in [6, 6.07) is 0. The van der Waals surface area contributed by atoms with Crippen molar-refractivity contribution in [2.24, 2.45) is 17.3 Å². The van der Waals surface area contributed by atoms with Crippen molar-refractivity contribution in [3.63, 3.8) is 0 Å². The van der Waals surface area contributed by atoms with E-state index in [4.69, 9.17) is 4.74 Å². The zero-order valence-corrected chi connectivity index (χ0v) is 22.7. The second-order valence-corrected chi connectivity index (χ2v) is 11.5. The Morgan fingerprint density at radius 1 is 0.860 bits per heavy atom. The summed E-state index contributed by atoms with van der Waals surface area (Å²) in [6.07, 6.45) is -32.8. The first kappa shape index (κ1) is 36.7. The van der Waals surface area contributed by atoms with Crippen molar-refractivity contribution in [2.45, 2.75) is 100 Å². The summed E-state index contributed by atoms with van der Waals surface area (Å²) in [5.74, 6) is -7.32. The fraction of sp³-hybridized carbons (Fsp3) is 0.760. The number of halogens is 12. The van der Waals surface area contributed by atoms with E-state index in [0.29, 0.717) is 0 Å². The summed E-state index contributed by atoms with van der Waals surface area (Å²) in [4.78, 5) is 25.0. The Kier molecular flexibility index (Phi) is 9.25. The standard InChI is InChI=1S/C25H28F12O6/c1-11(2)15(20(40,22(26,27)28)23(29,30)31)42-17(39)13(5)8-18-7-6-14(9-18)19(10-18,43-16(38)12(3)4)21(41,24(32,33)34)25(35,36)37/h11,14-15,40-41H,3,5-10H2,1-2,4H3. The molecule has 2 bridgehead atoms. The van der Waals surface area contributed by atoms with E-state index in [1.165, 1.54) is 0 Å². The lowest BCUT2D eigenvalue weighted by molar-refractivity contribution is -0.419. The smallest absolute Gasteiger partial charge is 0.430 e. The Morgan fingerprint density at radius 3 is 1.70 bits per heavy atom. The van der Waals surface area contributed by atoms with Gasteiger partial charge in [-0.05, 0) is 50.4 Å². The van der Waals surface area contributed by atoms with Gasteiger partial charge in [0.1, 0.15) is 0 Å². The highest BCUT2D eigenvalue weighted by Gasteiger charge is 2.86. The molecule has 2 fully saturated rings. The number of rotatable bonds is 9. The number of carbonyl (C=O) groups is 2. The van der Waals surface area contributed by atoms with E-state index in [0.717, 1.165) is 20.8 Å². The van der Waals surface area contributed by atoms with Gasteiger partial charge in [-0.25, -0.2) is 9.59 Å². The summed E-state index contributed by atoms with van der Waals surface area (Å²) < 4.78 is 174. The van der Waals surface area contributed by atoms with Crippen molar-refractivity contribution in [1.82, 2.24) is 0 Å². The van der Waals surface area contributed by atoms with Crippen LogP contribution in [0.4, 0.5) is 52.7 Å². The summed E-state index contributed by atoms with van der Waals surface area (Å²) >= 11 is 0. The molecule has 4 unspecified atom stereocenters. The van der Waals surface area contributed by atoms with Crippen molar-refractivity contribution < 1.29 is 82.0 Å². The quantitative estimate of drug-likeness (QED) is 0.174. The van der Waals surface area contributed by atoms with Gasteiger partial charge < -0.3 is 19.7 Å². The SMILES string of the molecule is C=C(C)C(=O)OC1(C(O)(C(F)(F)F)C(F)(F)F)CC2(CC(=C)C(=O)OC(C(C)C)C(O)(C(F)(F)F)C(F)(F)F)CCC1C2. The molecule has 2 saturated carbocycles. The van der Waals surface area contributed by atoms with E-state index in [1.54, 1.807) is 0 Å². The number of aliphatic hydroxyl groups is 2. The third kappa shape index (κ3) is 5.84. The van der Waals surface area contributed by atoms with Gasteiger partial charge in [-0.3, -0.25) is 0 Å². The van der Waals surface area contributed by atoms with Crippen molar-refractivity contribution in [1.29, 1.82) is 0 Å². The van der Waals surface area contributed by atoms with Crippen LogP contribution in [0.3, 0.4) is 0 Å². The molecule has 0 amide bonds. The largest absolute Gasteiger partial charge is 0.455 e. The van der Waals surface area contributed by atoms with Crippen LogP contribution in [-0.4, -0.2) is 69.8 Å². The monoisotopic (exact) mass is 652 g/mol. The molecule has 2 N–H and O–H groups in total. The third-order valence-electron chi connectivity index (χ3n) is 8.05. The van der Waals surface area contributed by atoms with Crippen LogP contribution in [0.25, 0.3) is 0 Å². The Balaban J connectivity index is 2.53. The number of esters is 2. The number of hydrogen-bond donors (Lipinski definition) is 2. The zero-order chi connectivity index (χ0) is 34.0. The van der Waals surface area contributed by atoms with Gasteiger partial charge in [-0.2, -0.15) is 52.7 Å². The maximum atomic E-state index is 14.0. The van der Waals surface area contributed by atoms with Crippen LogP contribution < -0.4 is 0 Å². The molecule has 4 atom stereocenters. The van der Waals surface area contributed by atoms with Gasteiger partial charge in [0.25, 0.3) is 11.2 Å². The highest BCUT2D eigenvalue weighted by molar-refractivity contribution is 5.88. The van der Waals surface area contributed by atoms with Crippen molar-refractivity contribution in [3.05, 3.63) is 24.3 Å². The molecule has 248 valence electrons. The average molecular weight is 652 g/mol. The van der Waals surface area contributed by atoms with Crippen LogP contribution in [0.2, 0.25) is 0 Å². The number of ether oxygens (including phenoxy) is 2. The first-order valence-corrected chi connectivity index (χ1v) is 12.4. The van der Waals surface area contributed by atoms with E-state index in [-0.39, 0.29) is 6.42 Å². The Labute approximate surface area is 236 Å². The van der Waals surface area contributed by atoms with E-state index in [9.17, 15) is 72.5 Å². The van der Waals surface area contributed by atoms with Gasteiger partial charge in [0, 0.05) is 17.1 Å². The van der Waals surface area contributed by atoms with Crippen LogP contribution in [0.1, 0.15) is 52.9 Å². The molecule has 6 nitrogen and oxygen atoms in total. The first-order chi connectivity index (χ1) is 18.9. The molecule has 18 heteroatoms. The van der Waals surface area contributed by atoms with Gasteiger partial charge in [-0.1, -0.05) is 27.0 Å². The lowest BCUT2D eigenvalue weighted by atomic mass is 9.66. The van der Waals surface area contributed by atoms with Crippen molar-refractivity contribution >= 4 is 11.9 Å². The predicted octanol–water partition coefficient (Wildman–Crippen LogP) is 6.26. The first-order valence-electron chi connectivity index (χ1n) is 12.4. The molecular formula is C25H28F12O6.